The molecule has 1 unspecified atom stereocenters. The van der Waals surface area contributed by atoms with E-state index in [0.717, 1.165) is 29.1 Å². The van der Waals surface area contributed by atoms with Gasteiger partial charge in [0, 0.05) is 35.2 Å². The highest BCUT2D eigenvalue weighted by atomic mass is 79.9. The highest BCUT2D eigenvalue weighted by Gasteiger charge is 2.20. The minimum absolute atomic E-state index is 0.508. The predicted octanol–water partition coefficient (Wildman–Crippen LogP) is 2.90. The first-order valence-electron chi connectivity index (χ1n) is 5.11. The average Bonchev–Trinajstić information content (AvgIpc) is 2.23. The Bertz CT molecular complexity index is 356. The van der Waals surface area contributed by atoms with Gasteiger partial charge in [0.15, 0.2) is 0 Å². The lowest BCUT2D eigenvalue weighted by atomic mass is 10.2. The summed E-state index contributed by atoms with van der Waals surface area (Å²) in [6.45, 7) is 5.31. The molecular formula is C11H14BrClN2. The molecule has 1 fully saturated rings. The Morgan fingerprint density at radius 1 is 1.53 bits per heavy atom. The van der Waals surface area contributed by atoms with E-state index in [1.54, 1.807) is 0 Å². The Morgan fingerprint density at radius 3 is 3.07 bits per heavy atom. The van der Waals surface area contributed by atoms with Gasteiger partial charge in [-0.2, -0.15) is 0 Å². The third-order valence-corrected chi connectivity index (χ3v) is 3.62. The number of benzene rings is 1. The van der Waals surface area contributed by atoms with Crippen LogP contribution in [0.5, 0.6) is 0 Å². The Balaban J connectivity index is 2.30. The van der Waals surface area contributed by atoms with Crippen molar-refractivity contribution in [3.63, 3.8) is 0 Å². The van der Waals surface area contributed by atoms with E-state index < -0.39 is 0 Å². The molecule has 1 N–H and O–H groups in total. The molecule has 1 saturated heterocycles. The number of anilines is 1. The second-order valence-electron chi connectivity index (χ2n) is 3.84. The number of nitrogens with zero attached hydrogens (tertiary/aromatic N) is 1. The molecule has 1 aliphatic heterocycles. The Kier molecular flexibility index (Phi) is 3.54. The van der Waals surface area contributed by atoms with Gasteiger partial charge in [0.05, 0.1) is 5.69 Å². The topological polar surface area (TPSA) is 15.3 Å². The fourth-order valence-electron chi connectivity index (χ4n) is 1.90. The number of hydrogen-bond acceptors (Lipinski definition) is 2. The van der Waals surface area contributed by atoms with Gasteiger partial charge in [-0.25, -0.2) is 0 Å². The number of piperazine rings is 1. The zero-order valence-corrected chi connectivity index (χ0v) is 11.0. The molecule has 4 heteroatoms. The van der Waals surface area contributed by atoms with Crippen molar-refractivity contribution in [2.45, 2.75) is 13.0 Å². The molecule has 0 bridgehead atoms. The van der Waals surface area contributed by atoms with Crippen LogP contribution in [-0.2, 0) is 0 Å². The van der Waals surface area contributed by atoms with Crippen molar-refractivity contribution in [2.75, 3.05) is 24.5 Å². The van der Waals surface area contributed by atoms with Crippen LogP contribution in [0.15, 0.2) is 22.7 Å². The van der Waals surface area contributed by atoms with E-state index in [1.807, 2.05) is 18.2 Å². The molecule has 1 heterocycles. The first-order chi connectivity index (χ1) is 7.18. The quantitative estimate of drug-likeness (QED) is 0.855. The van der Waals surface area contributed by atoms with E-state index in [-0.39, 0.29) is 0 Å². The molecule has 1 aliphatic rings. The van der Waals surface area contributed by atoms with Crippen LogP contribution in [0.1, 0.15) is 6.92 Å². The van der Waals surface area contributed by atoms with Crippen molar-refractivity contribution in [3.05, 3.63) is 27.7 Å². The smallest absolute Gasteiger partial charge is 0.0528 e. The van der Waals surface area contributed by atoms with Crippen molar-refractivity contribution in [3.8, 4) is 0 Å². The van der Waals surface area contributed by atoms with E-state index >= 15 is 0 Å². The molecule has 0 spiro atoms. The van der Waals surface area contributed by atoms with Crippen LogP contribution in [0.25, 0.3) is 0 Å². The van der Waals surface area contributed by atoms with Gasteiger partial charge >= 0.3 is 0 Å². The minimum Gasteiger partial charge on any atom is -0.365 e. The van der Waals surface area contributed by atoms with Crippen LogP contribution in [0.2, 0.25) is 5.02 Å². The van der Waals surface area contributed by atoms with E-state index in [9.17, 15) is 0 Å². The summed E-state index contributed by atoms with van der Waals surface area (Å²) in [5.41, 5.74) is 1.19. The lowest BCUT2D eigenvalue weighted by Crippen LogP contribution is -2.50. The average molecular weight is 290 g/mol. The Hall–Kier alpha value is -0.250. The van der Waals surface area contributed by atoms with E-state index in [2.05, 4.69) is 33.1 Å². The van der Waals surface area contributed by atoms with Gasteiger partial charge in [-0.1, -0.05) is 11.6 Å². The van der Waals surface area contributed by atoms with Gasteiger partial charge in [0.2, 0.25) is 0 Å². The van der Waals surface area contributed by atoms with Crippen molar-refractivity contribution in [1.29, 1.82) is 0 Å². The lowest BCUT2D eigenvalue weighted by Gasteiger charge is -2.36. The number of halogens is 2. The zero-order valence-electron chi connectivity index (χ0n) is 8.63. The summed E-state index contributed by atoms with van der Waals surface area (Å²) in [5.74, 6) is 0. The van der Waals surface area contributed by atoms with E-state index in [4.69, 9.17) is 11.6 Å². The van der Waals surface area contributed by atoms with Crippen molar-refractivity contribution in [2.24, 2.45) is 0 Å². The lowest BCUT2D eigenvalue weighted by molar-refractivity contribution is 0.500. The third-order valence-electron chi connectivity index (χ3n) is 2.72. The van der Waals surface area contributed by atoms with E-state index in [0.29, 0.717) is 6.04 Å². The van der Waals surface area contributed by atoms with Crippen LogP contribution in [0.4, 0.5) is 5.69 Å². The minimum atomic E-state index is 0.508. The molecule has 82 valence electrons. The number of rotatable bonds is 1. The van der Waals surface area contributed by atoms with Crippen LogP contribution in [-0.4, -0.2) is 25.7 Å². The molecule has 0 saturated carbocycles. The monoisotopic (exact) mass is 288 g/mol. The van der Waals surface area contributed by atoms with Crippen molar-refractivity contribution in [1.82, 2.24) is 5.32 Å². The molecule has 1 aromatic carbocycles. The van der Waals surface area contributed by atoms with Crippen molar-refractivity contribution < 1.29 is 0 Å². The normalized spacial score (nSPS) is 21.8. The predicted molar refractivity (Wildman–Crippen MR) is 68.8 cm³/mol. The maximum atomic E-state index is 6.02. The summed E-state index contributed by atoms with van der Waals surface area (Å²) in [6, 6.07) is 6.44. The molecule has 0 amide bonds. The summed E-state index contributed by atoms with van der Waals surface area (Å²) in [6.07, 6.45) is 0. The SMILES string of the molecule is CC1CNCCN1c1cc(Cl)ccc1Br. The first-order valence-corrected chi connectivity index (χ1v) is 6.28. The molecule has 2 nitrogen and oxygen atoms in total. The molecule has 2 rings (SSSR count). The molecule has 0 aromatic heterocycles. The number of hydrogen-bond donors (Lipinski definition) is 1. The second-order valence-corrected chi connectivity index (χ2v) is 5.13. The number of nitrogens with one attached hydrogen (secondary N) is 1. The third kappa shape index (κ3) is 2.47. The molecule has 1 aromatic rings. The largest absolute Gasteiger partial charge is 0.365 e. The van der Waals surface area contributed by atoms with Crippen LogP contribution in [0, 0.1) is 0 Å². The summed E-state index contributed by atoms with van der Waals surface area (Å²) < 4.78 is 1.11. The molecule has 0 aliphatic carbocycles. The summed E-state index contributed by atoms with van der Waals surface area (Å²) in [5, 5.41) is 4.17. The summed E-state index contributed by atoms with van der Waals surface area (Å²) >= 11 is 9.59. The summed E-state index contributed by atoms with van der Waals surface area (Å²) in [4.78, 5) is 2.38. The highest BCUT2D eigenvalue weighted by Crippen LogP contribution is 2.30. The fourth-order valence-corrected chi connectivity index (χ4v) is 2.55. The summed E-state index contributed by atoms with van der Waals surface area (Å²) in [7, 11) is 0. The Labute approximate surface area is 104 Å². The van der Waals surface area contributed by atoms with Gasteiger partial charge in [0.25, 0.3) is 0 Å². The van der Waals surface area contributed by atoms with Crippen molar-refractivity contribution >= 4 is 33.2 Å². The molecule has 1 atom stereocenters. The zero-order chi connectivity index (χ0) is 10.8. The van der Waals surface area contributed by atoms with Gasteiger partial charge < -0.3 is 10.2 Å². The fraction of sp³-hybridized carbons (Fsp3) is 0.455. The van der Waals surface area contributed by atoms with Gasteiger partial charge in [-0.15, -0.1) is 0 Å². The van der Waals surface area contributed by atoms with E-state index in [1.165, 1.54) is 5.69 Å². The maximum absolute atomic E-state index is 6.02. The molecule has 0 radical (unpaired) electrons. The first kappa shape index (κ1) is 11.2. The van der Waals surface area contributed by atoms with Crippen LogP contribution < -0.4 is 10.2 Å². The van der Waals surface area contributed by atoms with Gasteiger partial charge in [-0.05, 0) is 41.1 Å². The van der Waals surface area contributed by atoms with Gasteiger partial charge in [0.1, 0.15) is 0 Å². The molecular weight excluding hydrogens is 275 g/mol. The highest BCUT2D eigenvalue weighted by molar-refractivity contribution is 9.10. The maximum Gasteiger partial charge on any atom is 0.0528 e. The van der Waals surface area contributed by atoms with Gasteiger partial charge in [-0.3, -0.25) is 0 Å². The molecule has 15 heavy (non-hydrogen) atoms. The van der Waals surface area contributed by atoms with Crippen LogP contribution >= 0.6 is 27.5 Å². The standard InChI is InChI=1S/C11H14BrClN2/c1-8-7-14-4-5-15(8)11-6-9(13)2-3-10(11)12/h2-3,6,8,14H,4-5,7H2,1H3. The Morgan fingerprint density at radius 2 is 2.33 bits per heavy atom. The van der Waals surface area contributed by atoms with Crippen LogP contribution in [0.3, 0.4) is 0 Å². The second kappa shape index (κ2) is 4.73.